The fourth-order valence-electron chi connectivity index (χ4n) is 3.80. The molecular weight excluding hydrogens is 455 g/mol. The fourth-order valence-corrected chi connectivity index (χ4v) is 3.80. The van der Waals surface area contributed by atoms with Gasteiger partial charge in [0.25, 0.3) is 0 Å². The predicted molar refractivity (Wildman–Crippen MR) is 120 cm³/mol. The number of guanidine groups is 1. The Morgan fingerprint density at radius 3 is 2.85 bits per heavy atom. The lowest BCUT2D eigenvalue weighted by molar-refractivity contribution is -0.0502. The van der Waals surface area contributed by atoms with E-state index in [2.05, 4.69) is 50.4 Å². The molecule has 0 spiro atoms. The highest BCUT2D eigenvalue weighted by Crippen LogP contribution is 2.24. The Hall–Kier alpha value is -0.900. The van der Waals surface area contributed by atoms with Crippen molar-refractivity contribution in [1.82, 2.24) is 15.1 Å². The fraction of sp³-hybridized carbons (Fsp3) is 0.650. The van der Waals surface area contributed by atoms with E-state index in [1.807, 2.05) is 14.0 Å². The zero-order valence-corrected chi connectivity index (χ0v) is 18.8. The second-order valence-electron chi connectivity index (χ2n) is 6.86. The molecule has 2 saturated heterocycles. The minimum absolute atomic E-state index is 0. The topological polar surface area (TPSA) is 49.3 Å². The molecule has 2 fully saturated rings. The van der Waals surface area contributed by atoms with Gasteiger partial charge in [-0.3, -0.25) is 9.89 Å². The second kappa shape index (κ2) is 11.8. The van der Waals surface area contributed by atoms with Gasteiger partial charge in [0.1, 0.15) is 0 Å². The molecule has 27 heavy (non-hydrogen) atoms. The van der Waals surface area contributed by atoms with Crippen molar-refractivity contribution in [2.45, 2.75) is 32.0 Å². The summed E-state index contributed by atoms with van der Waals surface area (Å²) in [7, 11) is 1.86. The maximum Gasteiger partial charge on any atom is 0.193 e. The molecule has 152 valence electrons. The van der Waals surface area contributed by atoms with Crippen molar-refractivity contribution in [2.75, 3.05) is 53.0 Å². The van der Waals surface area contributed by atoms with Crippen molar-refractivity contribution in [3.63, 3.8) is 0 Å². The second-order valence-corrected chi connectivity index (χ2v) is 6.86. The van der Waals surface area contributed by atoms with Crippen LogP contribution >= 0.6 is 24.0 Å². The first-order chi connectivity index (χ1) is 12.8. The van der Waals surface area contributed by atoms with E-state index < -0.39 is 0 Å². The Kier molecular flexibility index (Phi) is 9.81. The molecule has 2 heterocycles. The number of likely N-dealkylation sites (tertiary alicyclic amines) is 1. The molecule has 0 bridgehead atoms. The van der Waals surface area contributed by atoms with Gasteiger partial charge in [-0.2, -0.15) is 0 Å². The maximum absolute atomic E-state index is 6.07. The molecule has 2 atom stereocenters. The van der Waals surface area contributed by atoms with Crippen molar-refractivity contribution in [3.05, 3.63) is 35.9 Å². The average Bonchev–Trinajstić information content (AvgIpc) is 3.11. The summed E-state index contributed by atoms with van der Waals surface area (Å²) in [4.78, 5) is 9.37. The summed E-state index contributed by atoms with van der Waals surface area (Å²) in [6.45, 7) is 9.13. The number of hydrogen-bond donors (Lipinski definition) is 1. The van der Waals surface area contributed by atoms with Crippen LogP contribution in [0, 0.1) is 0 Å². The highest BCUT2D eigenvalue weighted by atomic mass is 127. The Bertz CT molecular complexity index is 572. The largest absolute Gasteiger partial charge is 0.382 e. The van der Waals surface area contributed by atoms with Crippen LogP contribution in [0.4, 0.5) is 0 Å². The number of benzene rings is 1. The van der Waals surface area contributed by atoms with E-state index in [1.54, 1.807) is 0 Å². The van der Waals surface area contributed by atoms with Crippen molar-refractivity contribution in [1.29, 1.82) is 0 Å². The SMILES string of the molecule is CCOCCCNC(=NC)N1CC2OCCN(Cc3ccccc3)C2C1.I. The Balaban J connectivity index is 0.00000261. The van der Waals surface area contributed by atoms with Crippen molar-refractivity contribution in [2.24, 2.45) is 4.99 Å². The zero-order chi connectivity index (χ0) is 18.2. The average molecular weight is 488 g/mol. The molecule has 0 aromatic heterocycles. The lowest BCUT2D eigenvalue weighted by Gasteiger charge is -2.36. The van der Waals surface area contributed by atoms with Gasteiger partial charge in [-0.25, -0.2) is 0 Å². The molecular formula is C20H33IN4O2. The minimum Gasteiger partial charge on any atom is -0.382 e. The molecule has 2 aliphatic heterocycles. The maximum atomic E-state index is 6.07. The third kappa shape index (κ3) is 6.30. The van der Waals surface area contributed by atoms with Gasteiger partial charge in [0.15, 0.2) is 5.96 Å². The van der Waals surface area contributed by atoms with E-state index >= 15 is 0 Å². The number of ether oxygens (including phenoxy) is 2. The highest BCUT2D eigenvalue weighted by Gasteiger charge is 2.41. The number of aliphatic imine (C=N–C) groups is 1. The van der Waals surface area contributed by atoms with E-state index in [1.165, 1.54) is 5.56 Å². The van der Waals surface area contributed by atoms with Gasteiger partial charge in [-0.1, -0.05) is 30.3 Å². The number of rotatable bonds is 7. The van der Waals surface area contributed by atoms with Crippen LogP contribution in [0.2, 0.25) is 0 Å². The third-order valence-corrected chi connectivity index (χ3v) is 5.11. The molecule has 3 rings (SSSR count). The lowest BCUT2D eigenvalue weighted by atomic mass is 10.1. The lowest BCUT2D eigenvalue weighted by Crippen LogP contribution is -2.50. The number of halogens is 1. The number of hydrogen-bond acceptors (Lipinski definition) is 4. The van der Waals surface area contributed by atoms with Crippen molar-refractivity contribution >= 4 is 29.9 Å². The van der Waals surface area contributed by atoms with Crippen LogP contribution in [0.15, 0.2) is 35.3 Å². The van der Waals surface area contributed by atoms with Gasteiger partial charge in [-0.05, 0) is 18.9 Å². The summed E-state index contributed by atoms with van der Waals surface area (Å²) in [6, 6.07) is 11.1. The van der Waals surface area contributed by atoms with Crippen LogP contribution in [0.1, 0.15) is 18.9 Å². The van der Waals surface area contributed by atoms with E-state index in [-0.39, 0.29) is 30.1 Å². The van der Waals surface area contributed by atoms with E-state index in [4.69, 9.17) is 9.47 Å². The first-order valence-corrected chi connectivity index (χ1v) is 9.74. The Morgan fingerprint density at radius 2 is 2.11 bits per heavy atom. The smallest absolute Gasteiger partial charge is 0.193 e. The van der Waals surface area contributed by atoms with Crippen molar-refractivity contribution < 1.29 is 9.47 Å². The third-order valence-electron chi connectivity index (χ3n) is 5.11. The highest BCUT2D eigenvalue weighted by molar-refractivity contribution is 14.0. The molecule has 0 saturated carbocycles. The minimum atomic E-state index is 0. The quantitative estimate of drug-likeness (QED) is 0.276. The summed E-state index contributed by atoms with van der Waals surface area (Å²) < 4.78 is 11.5. The summed E-state index contributed by atoms with van der Waals surface area (Å²) in [5.74, 6) is 0.971. The molecule has 0 aliphatic carbocycles. The predicted octanol–water partition coefficient (Wildman–Crippen LogP) is 2.19. The zero-order valence-electron chi connectivity index (χ0n) is 16.5. The summed E-state index contributed by atoms with van der Waals surface area (Å²) in [6.07, 6.45) is 1.25. The van der Waals surface area contributed by atoms with Gasteiger partial charge in [0.2, 0.25) is 0 Å². The Morgan fingerprint density at radius 1 is 1.30 bits per heavy atom. The van der Waals surface area contributed by atoms with Gasteiger partial charge >= 0.3 is 0 Å². The van der Waals surface area contributed by atoms with E-state index in [9.17, 15) is 0 Å². The molecule has 2 aliphatic rings. The molecule has 0 radical (unpaired) electrons. The van der Waals surface area contributed by atoms with Crippen molar-refractivity contribution in [3.8, 4) is 0 Å². The van der Waals surface area contributed by atoms with Crippen LogP contribution in [0.3, 0.4) is 0 Å². The number of nitrogens with one attached hydrogen (secondary N) is 1. The van der Waals surface area contributed by atoms with Crippen LogP contribution in [-0.4, -0.2) is 81.0 Å². The molecule has 6 nitrogen and oxygen atoms in total. The van der Waals surface area contributed by atoms with Gasteiger partial charge in [0, 0.05) is 53.0 Å². The first kappa shape index (κ1) is 22.4. The van der Waals surface area contributed by atoms with Crippen LogP contribution in [-0.2, 0) is 16.0 Å². The van der Waals surface area contributed by atoms with Gasteiger partial charge in [0.05, 0.1) is 18.8 Å². The number of morpholine rings is 1. The molecule has 2 unspecified atom stereocenters. The van der Waals surface area contributed by atoms with Crippen LogP contribution in [0.25, 0.3) is 0 Å². The molecule has 1 aromatic carbocycles. The summed E-state index contributed by atoms with van der Waals surface area (Å²) in [5, 5.41) is 3.47. The molecule has 1 aromatic rings. The molecule has 7 heteroatoms. The number of nitrogens with zero attached hydrogens (tertiary/aromatic N) is 3. The molecule has 0 amide bonds. The summed E-state index contributed by atoms with van der Waals surface area (Å²) in [5.41, 5.74) is 1.37. The molecule has 1 N–H and O–H groups in total. The van der Waals surface area contributed by atoms with E-state index in [0.29, 0.717) is 6.04 Å². The number of fused-ring (bicyclic) bond motifs is 1. The van der Waals surface area contributed by atoms with Gasteiger partial charge in [-0.15, -0.1) is 24.0 Å². The van der Waals surface area contributed by atoms with Crippen LogP contribution < -0.4 is 5.32 Å². The standard InChI is InChI=1S/C20H32N4O2.HI/c1-3-25-12-7-10-22-20(21-2)24-15-18-19(16-24)26-13-11-23(18)14-17-8-5-4-6-9-17;/h4-6,8-9,18-19H,3,7,10-16H2,1-2H3,(H,21,22);1H. The van der Waals surface area contributed by atoms with Crippen LogP contribution in [0.5, 0.6) is 0 Å². The van der Waals surface area contributed by atoms with E-state index in [0.717, 1.165) is 64.9 Å². The Labute approximate surface area is 180 Å². The first-order valence-electron chi connectivity index (χ1n) is 9.74. The normalized spacial score (nSPS) is 23.0. The monoisotopic (exact) mass is 488 g/mol. The summed E-state index contributed by atoms with van der Waals surface area (Å²) >= 11 is 0. The van der Waals surface area contributed by atoms with Gasteiger partial charge < -0.3 is 19.7 Å².